The first-order valence-electron chi connectivity index (χ1n) is 4.65. The molecule has 0 aromatic heterocycles. The van der Waals surface area contributed by atoms with E-state index in [0.717, 1.165) is 3.57 Å². The average Bonchev–Trinajstić information content (AvgIpc) is 2.28. The van der Waals surface area contributed by atoms with Gasteiger partial charge >= 0.3 is 5.97 Å². The van der Waals surface area contributed by atoms with Crippen LogP contribution in [0.15, 0.2) is 18.2 Å². The summed E-state index contributed by atoms with van der Waals surface area (Å²) >= 11 is 2.06. The van der Waals surface area contributed by atoms with Crippen LogP contribution in [0.1, 0.15) is 17.3 Å². The fraction of sp³-hybridized carbons (Fsp3) is 0.273. The molecule has 16 heavy (non-hydrogen) atoms. The summed E-state index contributed by atoms with van der Waals surface area (Å²) in [6, 6.07) is 5.04. The van der Waals surface area contributed by atoms with Gasteiger partial charge in [0.2, 0.25) is 0 Å². The number of hydrogen-bond acceptors (Lipinski definition) is 4. The van der Waals surface area contributed by atoms with E-state index in [1.54, 1.807) is 25.1 Å². The lowest BCUT2D eigenvalue weighted by molar-refractivity contribution is -0.137. The molecule has 4 nitrogen and oxygen atoms in total. The fourth-order valence-corrected chi connectivity index (χ4v) is 1.66. The van der Waals surface area contributed by atoms with Gasteiger partial charge in [-0.2, -0.15) is 0 Å². The van der Waals surface area contributed by atoms with Crippen LogP contribution in [0, 0.1) is 3.57 Å². The molecule has 0 spiro atoms. The Morgan fingerprint density at radius 3 is 2.62 bits per heavy atom. The van der Waals surface area contributed by atoms with Crippen molar-refractivity contribution in [2.45, 2.75) is 6.92 Å². The fourth-order valence-electron chi connectivity index (χ4n) is 1.16. The van der Waals surface area contributed by atoms with Crippen molar-refractivity contribution in [2.24, 2.45) is 0 Å². The van der Waals surface area contributed by atoms with E-state index in [1.807, 2.05) is 0 Å². The van der Waals surface area contributed by atoms with Crippen molar-refractivity contribution in [3.63, 3.8) is 0 Å². The highest BCUT2D eigenvalue weighted by molar-refractivity contribution is 14.1. The summed E-state index contributed by atoms with van der Waals surface area (Å²) in [5, 5.41) is 0. The van der Waals surface area contributed by atoms with E-state index in [2.05, 4.69) is 27.3 Å². The highest BCUT2D eigenvalue weighted by atomic mass is 127. The van der Waals surface area contributed by atoms with Gasteiger partial charge < -0.3 is 9.47 Å². The number of rotatable bonds is 4. The zero-order chi connectivity index (χ0) is 12.1. The summed E-state index contributed by atoms with van der Waals surface area (Å²) in [4.78, 5) is 23.0. The molecule has 0 aliphatic heterocycles. The monoisotopic (exact) mass is 334 g/mol. The quantitative estimate of drug-likeness (QED) is 0.366. The van der Waals surface area contributed by atoms with E-state index in [0.29, 0.717) is 5.75 Å². The molecule has 0 unspecified atom stereocenters. The van der Waals surface area contributed by atoms with Gasteiger partial charge in [-0.3, -0.25) is 4.79 Å². The van der Waals surface area contributed by atoms with Crippen molar-refractivity contribution in [3.05, 3.63) is 27.3 Å². The number of carbonyl (C=O) groups is 2. The number of benzene rings is 1. The van der Waals surface area contributed by atoms with Crippen LogP contribution in [0.2, 0.25) is 0 Å². The summed E-state index contributed by atoms with van der Waals surface area (Å²) in [7, 11) is 1.45. The molecule has 0 fully saturated rings. The van der Waals surface area contributed by atoms with E-state index in [9.17, 15) is 9.59 Å². The van der Waals surface area contributed by atoms with Gasteiger partial charge in [0, 0.05) is 3.57 Å². The molecule has 0 N–H and O–H groups in total. The molecule has 0 saturated carbocycles. The Hall–Kier alpha value is -1.11. The topological polar surface area (TPSA) is 52.6 Å². The molecule has 0 radical (unpaired) electrons. The molecule has 1 aromatic carbocycles. The van der Waals surface area contributed by atoms with Gasteiger partial charge in [0.25, 0.3) is 5.78 Å². The molecule has 1 aromatic rings. The molecule has 0 heterocycles. The lowest BCUT2D eigenvalue weighted by Crippen LogP contribution is -2.18. The first-order chi connectivity index (χ1) is 7.60. The number of carbonyl (C=O) groups excluding carboxylic acids is 2. The van der Waals surface area contributed by atoms with Gasteiger partial charge in [0.1, 0.15) is 5.75 Å². The van der Waals surface area contributed by atoms with Gasteiger partial charge in [-0.15, -0.1) is 0 Å². The highest BCUT2D eigenvalue weighted by Gasteiger charge is 2.21. The van der Waals surface area contributed by atoms with Gasteiger partial charge in [0.05, 0.1) is 19.3 Å². The number of halogens is 1. The highest BCUT2D eigenvalue weighted by Crippen LogP contribution is 2.21. The van der Waals surface area contributed by atoms with Gasteiger partial charge in [-0.25, -0.2) is 4.79 Å². The van der Waals surface area contributed by atoms with Crippen LogP contribution in [0.5, 0.6) is 5.75 Å². The number of esters is 1. The summed E-state index contributed by atoms with van der Waals surface area (Å²) in [6.45, 7) is 1.83. The van der Waals surface area contributed by atoms with Crippen molar-refractivity contribution in [2.75, 3.05) is 13.7 Å². The number of ketones is 1. The lowest BCUT2D eigenvalue weighted by Gasteiger charge is -2.07. The standard InChI is InChI=1S/C11H11IO4/c1-3-16-11(14)10(13)8-6-7(12)4-5-9(8)15-2/h4-6H,3H2,1-2H3. The van der Waals surface area contributed by atoms with E-state index in [-0.39, 0.29) is 12.2 Å². The third-order valence-electron chi connectivity index (χ3n) is 1.87. The second kappa shape index (κ2) is 5.83. The van der Waals surface area contributed by atoms with Crippen LogP contribution in [0.4, 0.5) is 0 Å². The van der Waals surface area contributed by atoms with Crippen LogP contribution < -0.4 is 4.74 Å². The van der Waals surface area contributed by atoms with Gasteiger partial charge in [0.15, 0.2) is 0 Å². The maximum Gasteiger partial charge on any atom is 0.379 e. The summed E-state index contributed by atoms with van der Waals surface area (Å²) in [5.41, 5.74) is 0.229. The Bertz CT molecular complexity index is 414. The minimum Gasteiger partial charge on any atom is -0.496 e. The Balaban J connectivity index is 3.06. The number of methoxy groups -OCH3 is 1. The zero-order valence-electron chi connectivity index (χ0n) is 8.95. The van der Waals surface area contributed by atoms with Crippen molar-refractivity contribution >= 4 is 34.3 Å². The molecule has 1 rings (SSSR count). The molecular formula is C11H11IO4. The molecule has 0 bridgehead atoms. The van der Waals surface area contributed by atoms with Crippen LogP contribution in [-0.2, 0) is 9.53 Å². The number of Topliss-reactive ketones (excluding diaryl/α,β-unsaturated/α-hetero) is 1. The van der Waals surface area contributed by atoms with E-state index >= 15 is 0 Å². The van der Waals surface area contributed by atoms with Gasteiger partial charge in [-0.05, 0) is 47.7 Å². The molecule has 0 saturated heterocycles. The van der Waals surface area contributed by atoms with Crippen LogP contribution in [0.25, 0.3) is 0 Å². The van der Waals surface area contributed by atoms with Crippen molar-refractivity contribution in [1.29, 1.82) is 0 Å². The number of ether oxygens (including phenoxy) is 2. The Labute approximate surface area is 107 Å². The molecule has 0 aliphatic carbocycles. The Morgan fingerprint density at radius 2 is 2.06 bits per heavy atom. The van der Waals surface area contributed by atoms with Crippen molar-refractivity contribution in [3.8, 4) is 5.75 Å². The second-order valence-electron chi connectivity index (χ2n) is 2.89. The maximum atomic E-state index is 11.7. The average molecular weight is 334 g/mol. The molecule has 86 valence electrons. The van der Waals surface area contributed by atoms with Crippen LogP contribution in [-0.4, -0.2) is 25.5 Å². The van der Waals surface area contributed by atoms with Crippen LogP contribution >= 0.6 is 22.6 Å². The van der Waals surface area contributed by atoms with Crippen LogP contribution in [0.3, 0.4) is 0 Å². The molecular weight excluding hydrogens is 323 g/mol. The zero-order valence-corrected chi connectivity index (χ0v) is 11.1. The first kappa shape index (κ1) is 13.0. The molecule has 0 amide bonds. The predicted octanol–water partition coefficient (Wildman–Crippen LogP) is 2.05. The molecule has 0 aliphatic rings. The number of hydrogen-bond donors (Lipinski definition) is 0. The Kier molecular flexibility index (Phi) is 4.72. The minimum atomic E-state index is -0.859. The smallest absolute Gasteiger partial charge is 0.379 e. The SMILES string of the molecule is CCOC(=O)C(=O)c1cc(I)ccc1OC. The first-order valence-corrected chi connectivity index (χ1v) is 5.73. The molecule has 5 heteroatoms. The van der Waals surface area contributed by atoms with Gasteiger partial charge in [-0.1, -0.05) is 0 Å². The third-order valence-corrected chi connectivity index (χ3v) is 2.54. The van der Waals surface area contributed by atoms with E-state index < -0.39 is 11.8 Å². The normalized spacial score (nSPS) is 9.69. The largest absolute Gasteiger partial charge is 0.496 e. The lowest BCUT2D eigenvalue weighted by atomic mass is 10.1. The summed E-state index contributed by atoms with van der Waals surface area (Å²) in [5.74, 6) is -1.17. The summed E-state index contributed by atoms with van der Waals surface area (Å²) < 4.78 is 10.5. The van der Waals surface area contributed by atoms with Crippen molar-refractivity contribution in [1.82, 2.24) is 0 Å². The molecule has 0 atom stereocenters. The van der Waals surface area contributed by atoms with Crippen molar-refractivity contribution < 1.29 is 19.1 Å². The third kappa shape index (κ3) is 2.94. The minimum absolute atomic E-state index is 0.177. The predicted molar refractivity (Wildman–Crippen MR) is 66.7 cm³/mol. The summed E-state index contributed by atoms with van der Waals surface area (Å²) in [6.07, 6.45) is 0. The second-order valence-corrected chi connectivity index (χ2v) is 4.14. The van der Waals surface area contributed by atoms with E-state index in [1.165, 1.54) is 7.11 Å². The van der Waals surface area contributed by atoms with E-state index in [4.69, 9.17) is 4.74 Å². The Morgan fingerprint density at radius 1 is 1.38 bits per heavy atom. The maximum absolute atomic E-state index is 11.7.